The lowest BCUT2D eigenvalue weighted by molar-refractivity contribution is -0.141. The van der Waals surface area contributed by atoms with E-state index in [-0.39, 0.29) is 11.6 Å². The molecular weight excluding hydrogens is 381 g/mol. The van der Waals surface area contributed by atoms with Crippen molar-refractivity contribution in [1.82, 2.24) is 25.3 Å². The fourth-order valence-corrected chi connectivity index (χ4v) is 3.83. The van der Waals surface area contributed by atoms with Crippen LogP contribution >= 0.6 is 0 Å². The Morgan fingerprint density at radius 2 is 1.86 bits per heavy atom. The summed E-state index contributed by atoms with van der Waals surface area (Å²) in [5.41, 5.74) is 3.76. The number of H-pyrrole nitrogens is 2. The Hall–Kier alpha value is -2.81. The quantitative estimate of drug-likeness (QED) is 0.595. The molecule has 0 saturated heterocycles. The third-order valence-electron chi connectivity index (χ3n) is 5.69. The fraction of sp³-hybridized carbons (Fsp3) is 0.400. The summed E-state index contributed by atoms with van der Waals surface area (Å²) in [5.74, 6) is 0. The van der Waals surface area contributed by atoms with Gasteiger partial charge in [-0.2, -0.15) is 23.4 Å². The summed E-state index contributed by atoms with van der Waals surface area (Å²) < 4.78 is 40.7. The van der Waals surface area contributed by atoms with Gasteiger partial charge in [-0.05, 0) is 51.1 Å². The molecule has 0 amide bonds. The Balaban J connectivity index is 1.91. The van der Waals surface area contributed by atoms with E-state index in [9.17, 15) is 13.2 Å². The number of hydrogen-bond donors (Lipinski definition) is 3. The number of hydrogen-bond acceptors (Lipinski definition) is 4. The van der Waals surface area contributed by atoms with Gasteiger partial charge in [-0.1, -0.05) is 0 Å². The van der Waals surface area contributed by atoms with Gasteiger partial charge in [0.15, 0.2) is 0 Å². The molecule has 1 aliphatic heterocycles. The monoisotopic (exact) mass is 404 g/mol. The van der Waals surface area contributed by atoms with Crippen molar-refractivity contribution in [2.75, 3.05) is 18.9 Å². The molecule has 0 spiro atoms. The summed E-state index contributed by atoms with van der Waals surface area (Å²) >= 11 is 0. The summed E-state index contributed by atoms with van der Waals surface area (Å²) in [5, 5.41) is 17.2. The second kappa shape index (κ2) is 6.91. The number of halogens is 3. The van der Waals surface area contributed by atoms with Gasteiger partial charge in [-0.25, -0.2) is 0 Å². The summed E-state index contributed by atoms with van der Waals surface area (Å²) in [6.45, 7) is 6.61. The van der Waals surface area contributed by atoms with Crippen LogP contribution in [0.5, 0.6) is 0 Å². The van der Waals surface area contributed by atoms with E-state index < -0.39 is 17.9 Å². The van der Waals surface area contributed by atoms with E-state index in [1.165, 1.54) is 6.20 Å². The highest BCUT2D eigenvalue weighted by Crippen LogP contribution is 2.45. The lowest BCUT2D eigenvalue weighted by Crippen LogP contribution is -2.33. The molecule has 6 nitrogen and oxygen atoms in total. The van der Waals surface area contributed by atoms with E-state index >= 15 is 0 Å². The zero-order valence-electron chi connectivity index (χ0n) is 16.6. The molecule has 2 aromatic heterocycles. The summed E-state index contributed by atoms with van der Waals surface area (Å²) in [7, 11) is 1.97. The number of allylic oxidation sites excluding steroid dienone is 1. The van der Waals surface area contributed by atoms with E-state index in [1.54, 1.807) is 6.20 Å². The minimum Gasteiger partial charge on any atom is -0.374 e. The zero-order valence-corrected chi connectivity index (χ0v) is 16.6. The van der Waals surface area contributed by atoms with Crippen LogP contribution in [0.3, 0.4) is 0 Å². The number of nitrogens with zero attached hydrogens (tertiary/aromatic N) is 3. The highest BCUT2D eigenvalue weighted by atomic mass is 19.4. The van der Waals surface area contributed by atoms with Gasteiger partial charge in [-0.15, -0.1) is 0 Å². The van der Waals surface area contributed by atoms with E-state index in [1.807, 2.05) is 26.1 Å². The Morgan fingerprint density at radius 3 is 2.55 bits per heavy atom. The van der Waals surface area contributed by atoms with Crippen molar-refractivity contribution in [2.24, 2.45) is 0 Å². The van der Waals surface area contributed by atoms with E-state index in [0.717, 1.165) is 33.3 Å². The third kappa shape index (κ3) is 3.29. The Kier molecular flexibility index (Phi) is 4.65. The van der Waals surface area contributed by atoms with Crippen LogP contribution in [0.2, 0.25) is 0 Å². The first kappa shape index (κ1) is 19.5. The van der Waals surface area contributed by atoms with Crippen molar-refractivity contribution in [3.63, 3.8) is 0 Å². The minimum atomic E-state index is -4.51. The van der Waals surface area contributed by atoms with Crippen molar-refractivity contribution in [3.05, 3.63) is 46.9 Å². The number of aromatic nitrogens is 4. The molecular formula is C20H23F3N6. The molecule has 1 aromatic carbocycles. The number of alkyl halides is 3. The Morgan fingerprint density at radius 1 is 1.14 bits per heavy atom. The molecule has 0 radical (unpaired) electrons. The van der Waals surface area contributed by atoms with Gasteiger partial charge in [0.25, 0.3) is 0 Å². The van der Waals surface area contributed by atoms with Crippen molar-refractivity contribution in [3.8, 4) is 0 Å². The van der Waals surface area contributed by atoms with E-state index in [0.29, 0.717) is 6.54 Å². The summed E-state index contributed by atoms with van der Waals surface area (Å²) in [6.07, 6.45) is -1.49. The molecule has 0 saturated carbocycles. The highest BCUT2D eigenvalue weighted by Gasteiger charge is 2.40. The number of likely N-dealkylation sites (N-methyl/N-ethyl adjacent to an activating group) is 1. The molecule has 1 unspecified atom stereocenters. The summed E-state index contributed by atoms with van der Waals surface area (Å²) in [6, 6.07) is 3.36. The van der Waals surface area contributed by atoms with Gasteiger partial charge in [-0.3, -0.25) is 15.1 Å². The maximum absolute atomic E-state index is 13.6. The molecule has 3 aromatic rings. The average Bonchev–Trinajstić information content (AvgIpc) is 3.31. The standard InChI is InChI=1S/C20H23F3N6/c1-10(2)29(4)9-14-11(3)17-12-7-24-27-15(12)5-6-16(17)26-18(14)13-8-25-28-19(13)20(21,22)23/h5-8,10,18,26H,9H2,1-4H3,(H,24,27)(H,25,28). The molecule has 0 aliphatic carbocycles. The lowest BCUT2D eigenvalue weighted by Gasteiger charge is -2.35. The number of nitrogens with one attached hydrogen (secondary N) is 3. The van der Waals surface area contributed by atoms with Crippen LogP contribution in [0, 0.1) is 0 Å². The summed E-state index contributed by atoms with van der Waals surface area (Å²) in [4.78, 5) is 2.11. The molecule has 1 aliphatic rings. The van der Waals surface area contributed by atoms with Gasteiger partial charge < -0.3 is 5.32 Å². The van der Waals surface area contributed by atoms with Gasteiger partial charge >= 0.3 is 6.18 Å². The van der Waals surface area contributed by atoms with Crippen LogP contribution in [0.4, 0.5) is 18.9 Å². The van der Waals surface area contributed by atoms with Crippen molar-refractivity contribution in [1.29, 1.82) is 0 Å². The maximum atomic E-state index is 13.6. The average molecular weight is 404 g/mol. The zero-order chi connectivity index (χ0) is 20.9. The normalized spacial score (nSPS) is 17.3. The SMILES string of the molecule is CC1=C(CN(C)C(C)C)C(c2cn[nH]c2C(F)(F)F)Nc2ccc3[nH]ncc3c21. The van der Waals surface area contributed by atoms with Crippen molar-refractivity contribution in [2.45, 2.75) is 39.0 Å². The molecule has 3 N–H and O–H groups in total. The topological polar surface area (TPSA) is 72.6 Å². The van der Waals surface area contributed by atoms with E-state index in [4.69, 9.17) is 0 Å². The number of benzene rings is 1. The second-order valence-electron chi connectivity index (χ2n) is 7.75. The minimum absolute atomic E-state index is 0.0990. The first-order chi connectivity index (χ1) is 13.7. The molecule has 9 heteroatoms. The predicted molar refractivity (Wildman–Crippen MR) is 106 cm³/mol. The van der Waals surface area contributed by atoms with Crippen LogP contribution in [0.25, 0.3) is 16.5 Å². The van der Waals surface area contributed by atoms with Crippen LogP contribution in [-0.4, -0.2) is 44.9 Å². The highest BCUT2D eigenvalue weighted by molar-refractivity contribution is 5.99. The van der Waals surface area contributed by atoms with Crippen LogP contribution < -0.4 is 5.32 Å². The molecule has 0 fully saturated rings. The largest absolute Gasteiger partial charge is 0.433 e. The van der Waals surface area contributed by atoms with Crippen LogP contribution in [0.15, 0.2) is 30.1 Å². The molecule has 29 heavy (non-hydrogen) atoms. The molecule has 0 bridgehead atoms. The molecule has 154 valence electrons. The molecule has 1 atom stereocenters. The molecule has 4 rings (SSSR count). The van der Waals surface area contributed by atoms with Crippen LogP contribution in [0.1, 0.15) is 43.6 Å². The Labute approximate surface area is 166 Å². The lowest BCUT2D eigenvalue weighted by atomic mass is 9.85. The Bertz CT molecular complexity index is 1080. The first-order valence-electron chi connectivity index (χ1n) is 9.41. The number of rotatable bonds is 4. The third-order valence-corrected chi connectivity index (χ3v) is 5.69. The number of anilines is 1. The van der Waals surface area contributed by atoms with Crippen LogP contribution in [-0.2, 0) is 6.18 Å². The molecule has 3 heterocycles. The maximum Gasteiger partial charge on any atom is 0.433 e. The van der Waals surface area contributed by atoms with Crippen molar-refractivity contribution >= 4 is 22.2 Å². The second-order valence-corrected chi connectivity index (χ2v) is 7.75. The first-order valence-corrected chi connectivity index (χ1v) is 9.41. The smallest absolute Gasteiger partial charge is 0.374 e. The fourth-order valence-electron chi connectivity index (χ4n) is 3.83. The van der Waals surface area contributed by atoms with Gasteiger partial charge in [0.05, 0.1) is 24.0 Å². The van der Waals surface area contributed by atoms with E-state index in [2.05, 4.69) is 44.5 Å². The predicted octanol–water partition coefficient (Wildman–Crippen LogP) is 4.59. The van der Waals surface area contributed by atoms with Gasteiger partial charge in [0, 0.05) is 34.8 Å². The van der Waals surface area contributed by atoms with Gasteiger partial charge in [0.2, 0.25) is 0 Å². The number of aromatic amines is 2. The number of fused-ring (bicyclic) bond motifs is 3. The van der Waals surface area contributed by atoms with Gasteiger partial charge in [0.1, 0.15) is 5.69 Å². The van der Waals surface area contributed by atoms with Crippen molar-refractivity contribution < 1.29 is 13.2 Å².